The van der Waals surface area contributed by atoms with Crippen LogP contribution in [-0.2, 0) is 0 Å². The van der Waals surface area contributed by atoms with Crippen molar-refractivity contribution in [2.75, 3.05) is 0 Å². The smallest absolute Gasteiger partial charge is 0.408 e. The molecule has 3 rings (SSSR count). The molecule has 2 heterocycles. The number of benzene rings is 1. The number of hydrogen-bond donors (Lipinski definition) is 1. The molecule has 3 aromatic rings. The number of oxazole rings is 1. The summed E-state index contributed by atoms with van der Waals surface area (Å²) >= 11 is 0. The first-order chi connectivity index (χ1) is 8.26. The Morgan fingerprint density at radius 2 is 2.24 bits per heavy atom. The predicted octanol–water partition coefficient (Wildman–Crippen LogP) is 1.65. The third kappa shape index (κ3) is 1.50. The molecule has 2 aromatic heterocycles. The Balaban J connectivity index is 2.17. The standard InChI is InChI=1S/C11H5N3O3/c12-5-7-4-10(17-14-7)6-1-2-9-8(3-6)13-11(15)16-9/h1-4H,(H,13,15). The normalized spacial score (nSPS) is 10.5. The van der Waals surface area contributed by atoms with E-state index < -0.39 is 5.76 Å². The Bertz CT molecular complexity index is 788. The average molecular weight is 227 g/mol. The van der Waals surface area contributed by atoms with E-state index in [1.54, 1.807) is 18.2 Å². The number of rotatable bonds is 1. The van der Waals surface area contributed by atoms with E-state index in [-0.39, 0.29) is 5.69 Å². The predicted molar refractivity (Wildman–Crippen MR) is 57.0 cm³/mol. The van der Waals surface area contributed by atoms with Crippen molar-refractivity contribution in [2.24, 2.45) is 0 Å². The minimum atomic E-state index is -0.507. The molecule has 82 valence electrons. The molecule has 0 fully saturated rings. The van der Waals surface area contributed by atoms with Crippen LogP contribution in [0.3, 0.4) is 0 Å². The second-order valence-electron chi connectivity index (χ2n) is 3.41. The molecule has 1 N–H and O–H groups in total. The summed E-state index contributed by atoms with van der Waals surface area (Å²) in [5.74, 6) is -0.0436. The molecule has 0 unspecified atom stereocenters. The molecule has 0 aliphatic rings. The van der Waals surface area contributed by atoms with Crippen LogP contribution < -0.4 is 5.76 Å². The van der Waals surface area contributed by atoms with E-state index in [2.05, 4.69) is 10.1 Å². The first-order valence-electron chi connectivity index (χ1n) is 4.76. The lowest BCUT2D eigenvalue weighted by atomic mass is 10.1. The maximum Gasteiger partial charge on any atom is 0.417 e. The number of fused-ring (bicyclic) bond motifs is 1. The summed E-state index contributed by atoms with van der Waals surface area (Å²) < 4.78 is 9.88. The number of nitriles is 1. The third-order valence-electron chi connectivity index (χ3n) is 2.33. The van der Waals surface area contributed by atoms with Crippen LogP contribution in [0.2, 0.25) is 0 Å². The molecule has 0 radical (unpaired) electrons. The van der Waals surface area contributed by atoms with Gasteiger partial charge in [-0.3, -0.25) is 4.98 Å². The largest absolute Gasteiger partial charge is 0.417 e. The molecular formula is C11H5N3O3. The van der Waals surface area contributed by atoms with Crippen LogP contribution in [-0.4, -0.2) is 10.1 Å². The number of nitrogens with zero attached hydrogens (tertiary/aromatic N) is 2. The summed E-state index contributed by atoms with van der Waals surface area (Å²) in [6, 6.07) is 8.47. The highest BCUT2D eigenvalue weighted by atomic mass is 16.5. The Labute approximate surface area is 94.1 Å². The highest BCUT2D eigenvalue weighted by Crippen LogP contribution is 2.23. The van der Waals surface area contributed by atoms with E-state index in [1.165, 1.54) is 6.07 Å². The van der Waals surface area contributed by atoms with Crippen LogP contribution in [0.15, 0.2) is 38.0 Å². The van der Waals surface area contributed by atoms with Gasteiger partial charge in [-0.1, -0.05) is 5.16 Å². The van der Waals surface area contributed by atoms with E-state index in [4.69, 9.17) is 14.2 Å². The van der Waals surface area contributed by atoms with Crippen molar-refractivity contribution in [2.45, 2.75) is 0 Å². The number of aromatic nitrogens is 2. The van der Waals surface area contributed by atoms with Gasteiger partial charge in [-0.05, 0) is 18.2 Å². The Morgan fingerprint density at radius 3 is 3.00 bits per heavy atom. The maximum absolute atomic E-state index is 11.0. The summed E-state index contributed by atoms with van der Waals surface area (Å²) in [6.45, 7) is 0. The molecule has 0 spiro atoms. The van der Waals surface area contributed by atoms with Gasteiger partial charge in [-0.25, -0.2) is 4.79 Å². The number of aromatic amines is 1. The van der Waals surface area contributed by atoms with Gasteiger partial charge in [-0.15, -0.1) is 0 Å². The molecule has 0 saturated carbocycles. The molecule has 6 nitrogen and oxygen atoms in total. The highest BCUT2D eigenvalue weighted by Gasteiger charge is 2.08. The first kappa shape index (κ1) is 9.42. The quantitative estimate of drug-likeness (QED) is 0.681. The zero-order valence-electron chi connectivity index (χ0n) is 8.43. The molecule has 0 aliphatic carbocycles. The van der Waals surface area contributed by atoms with Crippen molar-refractivity contribution in [1.29, 1.82) is 5.26 Å². The van der Waals surface area contributed by atoms with Gasteiger partial charge in [0.15, 0.2) is 17.0 Å². The van der Waals surface area contributed by atoms with Crippen molar-refractivity contribution in [3.63, 3.8) is 0 Å². The highest BCUT2D eigenvalue weighted by molar-refractivity contribution is 5.78. The van der Waals surface area contributed by atoms with E-state index in [0.717, 1.165) is 0 Å². The average Bonchev–Trinajstić information content (AvgIpc) is 2.92. The monoisotopic (exact) mass is 227 g/mol. The van der Waals surface area contributed by atoms with Gasteiger partial charge < -0.3 is 8.94 Å². The van der Waals surface area contributed by atoms with Crippen molar-refractivity contribution >= 4 is 11.1 Å². The number of hydrogen-bond acceptors (Lipinski definition) is 5. The number of H-pyrrole nitrogens is 1. The van der Waals surface area contributed by atoms with Crippen LogP contribution in [0.1, 0.15) is 5.69 Å². The maximum atomic E-state index is 11.0. The summed E-state index contributed by atoms with van der Waals surface area (Å²) in [4.78, 5) is 13.5. The van der Waals surface area contributed by atoms with Crippen molar-refractivity contribution in [3.8, 4) is 17.4 Å². The fraction of sp³-hybridized carbons (Fsp3) is 0. The Kier molecular flexibility index (Phi) is 1.86. The summed E-state index contributed by atoms with van der Waals surface area (Å²) in [7, 11) is 0. The van der Waals surface area contributed by atoms with Gasteiger partial charge in [0.1, 0.15) is 6.07 Å². The Hall–Kier alpha value is -2.81. The lowest BCUT2D eigenvalue weighted by molar-refractivity contribution is 0.430. The van der Waals surface area contributed by atoms with Gasteiger partial charge >= 0.3 is 5.76 Å². The van der Waals surface area contributed by atoms with E-state index in [9.17, 15) is 4.79 Å². The van der Waals surface area contributed by atoms with Crippen molar-refractivity contribution < 1.29 is 8.94 Å². The first-order valence-corrected chi connectivity index (χ1v) is 4.76. The van der Waals surface area contributed by atoms with E-state index in [0.29, 0.717) is 22.4 Å². The number of nitrogens with one attached hydrogen (secondary N) is 1. The zero-order chi connectivity index (χ0) is 11.8. The molecule has 0 atom stereocenters. The van der Waals surface area contributed by atoms with Gasteiger partial charge in [0.05, 0.1) is 5.52 Å². The summed E-state index contributed by atoms with van der Waals surface area (Å²) in [5, 5.41) is 12.2. The molecule has 6 heteroatoms. The van der Waals surface area contributed by atoms with Crippen LogP contribution in [0.5, 0.6) is 0 Å². The van der Waals surface area contributed by atoms with Gasteiger partial charge in [0, 0.05) is 11.6 Å². The Morgan fingerprint density at radius 1 is 1.35 bits per heavy atom. The zero-order valence-corrected chi connectivity index (χ0v) is 8.43. The molecule has 1 aromatic carbocycles. The fourth-order valence-corrected chi connectivity index (χ4v) is 1.57. The SMILES string of the molecule is N#Cc1cc(-c2ccc3oc(=O)[nH]c3c2)on1. The van der Waals surface area contributed by atoms with Gasteiger partial charge in [-0.2, -0.15) is 5.26 Å². The minimum Gasteiger partial charge on any atom is -0.408 e. The van der Waals surface area contributed by atoms with Crippen LogP contribution in [0.4, 0.5) is 0 Å². The van der Waals surface area contributed by atoms with Crippen LogP contribution >= 0.6 is 0 Å². The lowest BCUT2D eigenvalue weighted by Crippen LogP contribution is -1.92. The molecular weight excluding hydrogens is 222 g/mol. The summed E-state index contributed by atoms with van der Waals surface area (Å²) in [6.07, 6.45) is 0. The minimum absolute atomic E-state index is 0.209. The summed E-state index contributed by atoms with van der Waals surface area (Å²) in [5.41, 5.74) is 1.96. The second-order valence-corrected chi connectivity index (χ2v) is 3.41. The molecule has 0 amide bonds. The van der Waals surface area contributed by atoms with Crippen LogP contribution in [0.25, 0.3) is 22.4 Å². The van der Waals surface area contributed by atoms with E-state index in [1.807, 2.05) is 6.07 Å². The molecule has 0 bridgehead atoms. The van der Waals surface area contributed by atoms with E-state index >= 15 is 0 Å². The van der Waals surface area contributed by atoms with Crippen LogP contribution in [0, 0.1) is 11.3 Å². The lowest BCUT2D eigenvalue weighted by Gasteiger charge is -1.93. The molecule has 17 heavy (non-hydrogen) atoms. The van der Waals surface area contributed by atoms with Crippen molar-refractivity contribution in [3.05, 3.63) is 40.5 Å². The second kappa shape index (κ2) is 3.35. The molecule has 0 saturated heterocycles. The van der Waals surface area contributed by atoms with Gasteiger partial charge in [0.25, 0.3) is 0 Å². The fourth-order valence-electron chi connectivity index (χ4n) is 1.57. The van der Waals surface area contributed by atoms with Crippen molar-refractivity contribution in [1.82, 2.24) is 10.1 Å². The third-order valence-corrected chi connectivity index (χ3v) is 2.33. The topological polar surface area (TPSA) is 95.8 Å². The van der Waals surface area contributed by atoms with Gasteiger partial charge in [0.2, 0.25) is 0 Å². The molecule has 0 aliphatic heterocycles.